The van der Waals surface area contributed by atoms with Crippen molar-refractivity contribution in [3.8, 4) is 5.75 Å². The first-order valence-electron chi connectivity index (χ1n) is 4.01. The van der Waals surface area contributed by atoms with Crippen LogP contribution < -0.4 is 9.84 Å². The molecule has 0 heterocycles. The predicted molar refractivity (Wildman–Crippen MR) is 51.9 cm³/mol. The normalized spacial score (nSPS) is 8.88. The van der Waals surface area contributed by atoms with Crippen LogP contribution in [0.3, 0.4) is 0 Å². The third-order valence-electron chi connectivity index (χ3n) is 1.31. The summed E-state index contributed by atoms with van der Waals surface area (Å²) in [5.74, 6) is -0.896. The van der Waals surface area contributed by atoms with Gasteiger partial charge in [0.05, 0.1) is 5.97 Å². The van der Waals surface area contributed by atoms with Crippen molar-refractivity contribution in [2.24, 2.45) is 0 Å². The lowest BCUT2D eigenvalue weighted by Crippen LogP contribution is -2.28. The number of ether oxygens (including phenoxy) is 1. The summed E-state index contributed by atoms with van der Waals surface area (Å²) in [7, 11) is -4.12. The van der Waals surface area contributed by atoms with Crippen LogP contribution in [0.15, 0.2) is 24.3 Å². The molecule has 17 heavy (non-hydrogen) atoms. The van der Waals surface area contributed by atoms with Crippen LogP contribution in [0.2, 0.25) is 0 Å². The highest BCUT2D eigenvalue weighted by Crippen LogP contribution is 2.39. The first-order chi connectivity index (χ1) is 7.95. The van der Waals surface area contributed by atoms with E-state index in [4.69, 9.17) is 10.1 Å². The summed E-state index contributed by atoms with van der Waals surface area (Å²) < 4.78 is 34.0. The number of carboxylic acids is 1. The van der Waals surface area contributed by atoms with Crippen molar-refractivity contribution >= 4 is 20.5 Å². The molecule has 0 aromatic heterocycles. The van der Waals surface area contributed by atoms with Gasteiger partial charge in [-0.05, 0) is 12.1 Å². The number of carbonyl (C=O) groups is 1. The van der Waals surface area contributed by atoms with Crippen LogP contribution >= 0.6 is 8.85 Å². The first-order valence-corrected chi connectivity index (χ1v) is 5.02. The van der Waals surface area contributed by atoms with Crippen molar-refractivity contribution in [1.82, 2.24) is 0 Å². The van der Waals surface area contributed by atoms with Crippen molar-refractivity contribution in [3.05, 3.63) is 29.2 Å². The Morgan fingerprint density at radius 3 is 2.18 bits per heavy atom. The van der Waals surface area contributed by atoms with E-state index in [0.717, 1.165) is 0 Å². The fraction of sp³-hybridized carbons (Fsp3) is 0.125. The number of carboxylic acid groups (broad SMARTS) is 1. The van der Waals surface area contributed by atoms with Crippen molar-refractivity contribution in [2.45, 2.75) is 0 Å². The van der Waals surface area contributed by atoms with Crippen molar-refractivity contribution in [3.63, 3.8) is 0 Å². The van der Waals surface area contributed by atoms with Gasteiger partial charge in [0.1, 0.15) is 12.4 Å². The lowest BCUT2D eigenvalue weighted by Gasteiger charge is -2.04. The number of nitrogens with zero attached hydrogens (tertiary/aromatic N) is 2. The van der Waals surface area contributed by atoms with Crippen LogP contribution in [0.5, 0.6) is 5.75 Å². The highest BCUT2D eigenvalue weighted by molar-refractivity contribution is 7.40. The minimum Gasteiger partial charge on any atom is -0.546 e. The van der Waals surface area contributed by atoms with Gasteiger partial charge in [0.25, 0.3) is 0 Å². The maximum Gasteiger partial charge on any atom is 0.456 e. The molecule has 0 aliphatic heterocycles. The highest BCUT2D eigenvalue weighted by Gasteiger charge is 2.02. The Kier molecular flexibility index (Phi) is 7.39. The zero-order valence-corrected chi connectivity index (χ0v) is 9.11. The van der Waals surface area contributed by atoms with Gasteiger partial charge in [-0.3, -0.25) is 0 Å². The second kappa shape index (κ2) is 8.30. The maximum atomic E-state index is 10.0. The second-order valence-electron chi connectivity index (χ2n) is 2.45. The second-order valence-corrected chi connectivity index (χ2v) is 2.83. The van der Waals surface area contributed by atoms with Gasteiger partial charge < -0.3 is 14.6 Å². The lowest BCUT2D eigenvalue weighted by molar-refractivity contribution is -0.307. The third-order valence-corrected chi connectivity index (χ3v) is 1.31. The highest BCUT2D eigenvalue weighted by atomic mass is 31.2. The molecule has 5 nitrogen and oxygen atoms in total. The topological polar surface area (TPSA) is 77.5 Å². The van der Waals surface area contributed by atoms with Gasteiger partial charge in [0, 0.05) is 12.1 Å². The van der Waals surface area contributed by atoms with Crippen molar-refractivity contribution in [1.29, 1.82) is 5.39 Å². The molecule has 1 rings (SSSR count). The monoisotopic (exact) mass is 266 g/mol. The van der Waals surface area contributed by atoms with Gasteiger partial charge in [0.15, 0.2) is 4.98 Å². The van der Waals surface area contributed by atoms with Crippen LogP contribution in [-0.2, 0) is 4.79 Å². The lowest BCUT2D eigenvalue weighted by atomic mass is 10.3. The zero-order valence-electron chi connectivity index (χ0n) is 8.22. The molecule has 0 aliphatic carbocycles. The maximum absolute atomic E-state index is 10.0. The average Bonchev–Trinajstić information content (AvgIpc) is 2.26. The summed E-state index contributed by atoms with van der Waals surface area (Å²) in [6.45, 7) is -0.490. The Hall–Kier alpha value is -1.87. The molecular formula is C8H6F3N2O3P. The van der Waals surface area contributed by atoms with Crippen molar-refractivity contribution < 1.29 is 27.2 Å². The van der Waals surface area contributed by atoms with E-state index in [2.05, 4.69) is 4.98 Å². The molecule has 0 fully saturated rings. The smallest absolute Gasteiger partial charge is 0.456 e. The van der Waals surface area contributed by atoms with Gasteiger partial charge in [-0.1, -0.05) is 0 Å². The Balaban J connectivity index is 0.000000557. The standard InChI is InChI=1S/C8H6N2O3.F3P/c9-10-6-1-3-7(4-2-6)13-5-8(11)12;1-4(2)3/h1-4H,5H2;. The molecule has 0 unspecified atom stereocenters. The summed E-state index contributed by atoms with van der Waals surface area (Å²) in [5.41, 5.74) is 0.376. The summed E-state index contributed by atoms with van der Waals surface area (Å²) in [5, 5.41) is 18.3. The van der Waals surface area contributed by atoms with Crippen LogP contribution in [0.25, 0.3) is 4.98 Å². The molecule has 0 saturated carbocycles. The van der Waals surface area contributed by atoms with E-state index in [9.17, 15) is 22.5 Å². The molecule has 1 aromatic rings. The number of halogens is 3. The zero-order chi connectivity index (χ0) is 13.3. The van der Waals surface area contributed by atoms with E-state index >= 15 is 0 Å². The van der Waals surface area contributed by atoms with Gasteiger partial charge >= 0.3 is 14.5 Å². The van der Waals surface area contributed by atoms with Gasteiger partial charge in [-0.2, -0.15) is 12.6 Å². The van der Waals surface area contributed by atoms with Gasteiger partial charge in [0.2, 0.25) is 5.39 Å². The molecule has 0 spiro atoms. The number of rotatable bonds is 3. The number of benzene rings is 1. The number of carbonyl (C=O) groups excluding carboxylic acids is 1. The summed E-state index contributed by atoms with van der Waals surface area (Å²) in [6, 6.07) is 5.98. The quantitative estimate of drug-likeness (QED) is 0.621. The molecule has 0 aliphatic rings. The molecule has 0 saturated heterocycles. The molecule has 0 bridgehead atoms. The van der Waals surface area contributed by atoms with Crippen LogP contribution in [0.4, 0.5) is 18.3 Å². The number of diazo groups is 1. The van der Waals surface area contributed by atoms with E-state index in [-0.39, 0.29) is 0 Å². The van der Waals surface area contributed by atoms with Crippen LogP contribution in [-0.4, -0.2) is 12.6 Å². The Bertz CT molecular complexity index is 391. The van der Waals surface area contributed by atoms with Crippen molar-refractivity contribution in [2.75, 3.05) is 6.61 Å². The molecule has 0 radical (unpaired) electrons. The third kappa shape index (κ3) is 9.08. The molecule has 1 aromatic carbocycles. The van der Waals surface area contributed by atoms with E-state index in [1.54, 1.807) is 0 Å². The van der Waals surface area contributed by atoms with E-state index < -0.39 is 21.4 Å². The Morgan fingerprint density at radius 1 is 1.35 bits per heavy atom. The molecular weight excluding hydrogens is 260 g/mol. The number of hydrogen-bond donors (Lipinski definition) is 0. The summed E-state index contributed by atoms with van der Waals surface area (Å²) >= 11 is 0. The minimum atomic E-state index is -4.12. The summed E-state index contributed by atoms with van der Waals surface area (Å²) in [6.07, 6.45) is 0. The fourth-order valence-electron chi connectivity index (χ4n) is 0.751. The van der Waals surface area contributed by atoms with Crippen LogP contribution in [0, 0.1) is 5.39 Å². The number of hydrogen-bond acceptors (Lipinski definition) is 4. The molecule has 9 heteroatoms. The largest absolute Gasteiger partial charge is 0.546 e. The fourth-order valence-corrected chi connectivity index (χ4v) is 0.751. The number of aliphatic carboxylic acids is 1. The Morgan fingerprint density at radius 2 is 1.82 bits per heavy atom. The molecule has 0 atom stereocenters. The van der Waals surface area contributed by atoms with E-state index in [1.165, 1.54) is 24.3 Å². The minimum absolute atomic E-state index is 0.376. The van der Waals surface area contributed by atoms with E-state index in [0.29, 0.717) is 11.4 Å². The SMILES string of the molecule is FP(F)F.N#[N+]c1ccc(OCC(=O)[O-])cc1. The average molecular weight is 266 g/mol. The Labute approximate surface area is 95.6 Å². The predicted octanol–water partition coefficient (Wildman–Crippen LogP) is 2.42. The first kappa shape index (κ1) is 15.1. The van der Waals surface area contributed by atoms with Gasteiger partial charge in [-0.15, -0.1) is 0 Å². The van der Waals surface area contributed by atoms with Gasteiger partial charge in [-0.25, -0.2) is 0 Å². The molecule has 0 N–H and O–H groups in total. The van der Waals surface area contributed by atoms with E-state index in [1.807, 2.05) is 0 Å². The summed E-state index contributed by atoms with van der Waals surface area (Å²) in [4.78, 5) is 12.9. The van der Waals surface area contributed by atoms with Crippen LogP contribution in [0.1, 0.15) is 0 Å². The molecule has 92 valence electrons. The molecule has 0 amide bonds.